The van der Waals surface area contributed by atoms with E-state index in [2.05, 4.69) is 4.98 Å². The van der Waals surface area contributed by atoms with Crippen molar-refractivity contribution in [2.75, 3.05) is 6.54 Å². The molecule has 1 aliphatic rings. The number of nitrogens with zero attached hydrogens (tertiary/aromatic N) is 2. The molecular weight excluding hydrogens is 321 g/mol. The summed E-state index contributed by atoms with van der Waals surface area (Å²) in [6.45, 7) is 0.575. The summed E-state index contributed by atoms with van der Waals surface area (Å²) in [6, 6.07) is 9.98. The average Bonchev–Trinajstić information content (AvgIpc) is 2.53. The van der Waals surface area contributed by atoms with Gasteiger partial charge in [-0.15, -0.1) is 0 Å². The van der Waals surface area contributed by atoms with Gasteiger partial charge in [-0.2, -0.15) is 13.2 Å². The molecule has 0 fully saturated rings. The Morgan fingerprint density at radius 3 is 2.71 bits per heavy atom. The summed E-state index contributed by atoms with van der Waals surface area (Å²) >= 11 is 0. The number of carboxylic acid groups (broad SMARTS) is 1. The van der Waals surface area contributed by atoms with Crippen LogP contribution < -0.4 is 0 Å². The van der Waals surface area contributed by atoms with Gasteiger partial charge in [0.25, 0.3) is 0 Å². The molecule has 0 amide bonds. The lowest BCUT2D eigenvalue weighted by atomic mass is 9.89. The van der Waals surface area contributed by atoms with Gasteiger partial charge in [0.2, 0.25) is 0 Å². The summed E-state index contributed by atoms with van der Waals surface area (Å²) in [7, 11) is 0. The van der Waals surface area contributed by atoms with Gasteiger partial charge < -0.3 is 5.11 Å². The van der Waals surface area contributed by atoms with E-state index >= 15 is 0 Å². The molecule has 4 nitrogen and oxygen atoms in total. The van der Waals surface area contributed by atoms with E-state index in [4.69, 9.17) is 0 Å². The third-order valence-corrected chi connectivity index (χ3v) is 4.12. The van der Waals surface area contributed by atoms with Gasteiger partial charge in [0.05, 0.1) is 5.92 Å². The first-order chi connectivity index (χ1) is 11.4. The van der Waals surface area contributed by atoms with Crippen LogP contribution in [-0.2, 0) is 24.1 Å². The number of carboxylic acids is 1. The zero-order chi connectivity index (χ0) is 17.3. The number of hydrogen-bond acceptors (Lipinski definition) is 3. The van der Waals surface area contributed by atoms with Gasteiger partial charge in [0.1, 0.15) is 5.69 Å². The highest BCUT2D eigenvalue weighted by Gasteiger charge is 2.36. The van der Waals surface area contributed by atoms with Gasteiger partial charge >= 0.3 is 12.1 Å². The highest BCUT2D eigenvalue weighted by atomic mass is 19.4. The maximum atomic E-state index is 13.1. The van der Waals surface area contributed by atoms with Crippen molar-refractivity contribution in [3.8, 4) is 0 Å². The molecule has 0 saturated heterocycles. The fourth-order valence-corrected chi connectivity index (χ4v) is 3.07. The molecule has 0 saturated carbocycles. The number of rotatable bonds is 3. The lowest BCUT2D eigenvalue weighted by Crippen LogP contribution is -2.36. The third-order valence-electron chi connectivity index (χ3n) is 4.12. The predicted octanol–water partition coefficient (Wildman–Crippen LogP) is 3.28. The third kappa shape index (κ3) is 3.26. The van der Waals surface area contributed by atoms with Crippen LogP contribution in [0.3, 0.4) is 0 Å². The number of alkyl halides is 3. The van der Waals surface area contributed by atoms with E-state index in [1.54, 1.807) is 23.1 Å². The highest BCUT2D eigenvalue weighted by molar-refractivity contribution is 5.77. The Labute approximate surface area is 136 Å². The first-order valence-corrected chi connectivity index (χ1v) is 7.40. The second kappa shape index (κ2) is 6.24. The van der Waals surface area contributed by atoms with E-state index < -0.39 is 23.8 Å². The maximum Gasteiger partial charge on any atom is 0.433 e. The van der Waals surface area contributed by atoms with Gasteiger partial charge in [-0.1, -0.05) is 30.3 Å². The van der Waals surface area contributed by atoms with Crippen LogP contribution in [0.25, 0.3) is 0 Å². The number of halogens is 3. The largest absolute Gasteiger partial charge is 0.481 e. The molecule has 0 bridgehead atoms. The molecule has 2 heterocycles. The van der Waals surface area contributed by atoms with Gasteiger partial charge in [-0.05, 0) is 22.8 Å². The lowest BCUT2D eigenvalue weighted by Gasteiger charge is -2.33. The first-order valence-electron chi connectivity index (χ1n) is 7.40. The fraction of sp³-hybridized carbons (Fsp3) is 0.294. The van der Waals surface area contributed by atoms with Crippen molar-refractivity contribution in [2.45, 2.75) is 25.2 Å². The van der Waals surface area contributed by atoms with Crippen molar-refractivity contribution >= 4 is 5.97 Å². The Morgan fingerprint density at radius 2 is 2.00 bits per heavy atom. The number of carbonyl (C=O) groups is 1. The zero-order valence-electron chi connectivity index (χ0n) is 12.6. The van der Waals surface area contributed by atoms with E-state index in [-0.39, 0.29) is 18.7 Å². The Hall–Kier alpha value is -2.41. The number of benzene rings is 1. The zero-order valence-corrected chi connectivity index (χ0v) is 12.6. The second-order valence-corrected chi connectivity index (χ2v) is 5.77. The van der Waals surface area contributed by atoms with Gasteiger partial charge in [0.15, 0.2) is 0 Å². The quantitative estimate of drug-likeness (QED) is 0.935. The van der Waals surface area contributed by atoms with Gasteiger partial charge in [0, 0.05) is 25.8 Å². The van der Waals surface area contributed by atoms with Crippen LogP contribution in [0.5, 0.6) is 0 Å². The summed E-state index contributed by atoms with van der Waals surface area (Å²) in [6.07, 6.45) is -3.42. The SMILES string of the molecule is O=C(O)C1CN(Cc2cccnc2C(F)(F)F)Cc2ccccc21. The molecule has 7 heteroatoms. The van der Waals surface area contributed by atoms with Crippen LogP contribution in [0, 0.1) is 0 Å². The van der Waals surface area contributed by atoms with Crippen molar-refractivity contribution in [3.05, 3.63) is 65.0 Å². The van der Waals surface area contributed by atoms with E-state index in [9.17, 15) is 23.1 Å². The van der Waals surface area contributed by atoms with Crippen LogP contribution >= 0.6 is 0 Å². The number of pyridine rings is 1. The van der Waals surface area contributed by atoms with Gasteiger partial charge in [-0.3, -0.25) is 14.7 Å². The van der Waals surface area contributed by atoms with Crippen molar-refractivity contribution < 1.29 is 23.1 Å². The number of fused-ring (bicyclic) bond motifs is 1. The molecule has 0 aliphatic carbocycles. The lowest BCUT2D eigenvalue weighted by molar-refractivity contribution is -0.143. The summed E-state index contributed by atoms with van der Waals surface area (Å²) in [5.41, 5.74) is 0.682. The molecule has 1 aliphatic heterocycles. The van der Waals surface area contributed by atoms with Crippen molar-refractivity contribution in [1.82, 2.24) is 9.88 Å². The molecule has 0 radical (unpaired) electrons. The summed E-state index contributed by atoms with van der Waals surface area (Å²) in [5, 5.41) is 9.43. The topological polar surface area (TPSA) is 53.4 Å². The normalized spacial score (nSPS) is 18.2. The van der Waals surface area contributed by atoms with E-state index in [1.165, 1.54) is 12.1 Å². The molecule has 1 atom stereocenters. The molecule has 0 spiro atoms. The molecule has 1 unspecified atom stereocenters. The van der Waals surface area contributed by atoms with Gasteiger partial charge in [-0.25, -0.2) is 0 Å². The van der Waals surface area contributed by atoms with E-state index in [1.807, 2.05) is 6.07 Å². The Bertz CT molecular complexity index is 761. The average molecular weight is 336 g/mol. The van der Waals surface area contributed by atoms with Crippen molar-refractivity contribution in [1.29, 1.82) is 0 Å². The molecule has 126 valence electrons. The van der Waals surface area contributed by atoms with Crippen LogP contribution in [-0.4, -0.2) is 27.5 Å². The minimum atomic E-state index is -4.53. The predicted molar refractivity (Wildman–Crippen MR) is 80.2 cm³/mol. The van der Waals surface area contributed by atoms with Crippen LogP contribution in [0.1, 0.15) is 28.3 Å². The summed E-state index contributed by atoms with van der Waals surface area (Å²) in [5.74, 6) is -1.73. The first kappa shape index (κ1) is 16.4. The van der Waals surface area contributed by atoms with Crippen LogP contribution in [0.4, 0.5) is 13.2 Å². The number of aromatic nitrogens is 1. The molecule has 1 aromatic heterocycles. The molecule has 24 heavy (non-hydrogen) atoms. The van der Waals surface area contributed by atoms with Crippen LogP contribution in [0.15, 0.2) is 42.6 Å². The van der Waals surface area contributed by atoms with Crippen molar-refractivity contribution in [2.24, 2.45) is 0 Å². The minimum absolute atomic E-state index is 0.000791. The monoisotopic (exact) mass is 336 g/mol. The molecule has 1 aromatic carbocycles. The highest BCUT2D eigenvalue weighted by Crippen LogP contribution is 2.33. The molecule has 1 N–H and O–H groups in total. The van der Waals surface area contributed by atoms with E-state index in [0.717, 1.165) is 17.3 Å². The standard InChI is InChI=1S/C17H15F3N2O2/c18-17(19,20)15-12(5-3-7-21-15)9-22-8-11-4-1-2-6-13(11)14(10-22)16(23)24/h1-7,14H,8-10H2,(H,23,24). The maximum absolute atomic E-state index is 13.1. The smallest absolute Gasteiger partial charge is 0.433 e. The number of aliphatic carboxylic acids is 1. The van der Waals surface area contributed by atoms with E-state index in [0.29, 0.717) is 6.54 Å². The molecule has 3 rings (SSSR count). The summed E-state index contributed by atoms with van der Waals surface area (Å²) in [4.78, 5) is 16.7. The van der Waals surface area contributed by atoms with Crippen molar-refractivity contribution in [3.63, 3.8) is 0 Å². The molecular formula is C17H15F3N2O2. The fourth-order valence-electron chi connectivity index (χ4n) is 3.07. The molecule has 2 aromatic rings. The minimum Gasteiger partial charge on any atom is -0.481 e. The Kier molecular flexibility index (Phi) is 4.28. The van der Waals surface area contributed by atoms with Crippen LogP contribution in [0.2, 0.25) is 0 Å². The summed E-state index contributed by atoms with van der Waals surface area (Å²) < 4.78 is 39.2. The Balaban J connectivity index is 1.89. The Morgan fingerprint density at radius 1 is 1.25 bits per heavy atom. The second-order valence-electron chi connectivity index (χ2n) is 5.77. The number of hydrogen-bond donors (Lipinski definition) is 1.